The van der Waals surface area contributed by atoms with E-state index in [1.807, 2.05) is 32.9 Å². The quantitative estimate of drug-likeness (QED) is 0.637. The van der Waals surface area contributed by atoms with E-state index < -0.39 is 11.4 Å². The number of hydrogen-bond acceptors (Lipinski definition) is 9. The Morgan fingerprint density at radius 1 is 1.14 bits per heavy atom. The Morgan fingerprint density at radius 3 is 2.60 bits per heavy atom. The van der Waals surface area contributed by atoms with Gasteiger partial charge in [-0.2, -0.15) is 4.98 Å². The van der Waals surface area contributed by atoms with Crippen LogP contribution in [0.25, 0.3) is 0 Å². The van der Waals surface area contributed by atoms with Crippen LogP contribution in [0.2, 0.25) is 0 Å². The number of amides is 1. The van der Waals surface area contributed by atoms with Crippen LogP contribution in [0.5, 0.6) is 0 Å². The SMILES string of the molecule is CN1CCN(c2ccc(Nc3ncc(F)c(NCC4CCCN4C(=O)OC(C)(C)C)n3)cn2)CC1. The van der Waals surface area contributed by atoms with Crippen molar-refractivity contribution in [3.05, 3.63) is 30.3 Å². The van der Waals surface area contributed by atoms with Crippen molar-refractivity contribution in [1.29, 1.82) is 0 Å². The van der Waals surface area contributed by atoms with Gasteiger partial charge in [-0.1, -0.05) is 0 Å². The van der Waals surface area contributed by atoms with Gasteiger partial charge in [-0.15, -0.1) is 0 Å². The number of likely N-dealkylation sites (tertiary alicyclic amines) is 1. The van der Waals surface area contributed by atoms with Crippen molar-refractivity contribution in [2.24, 2.45) is 0 Å². The van der Waals surface area contributed by atoms with Gasteiger partial charge >= 0.3 is 6.09 Å². The smallest absolute Gasteiger partial charge is 0.410 e. The molecular formula is C24H35FN8O2. The largest absolute Gasteiger partial charge is 0.444 e. The zero-order chi connectivity index (χ0) is 25.0. The van der Waals surface area contributed by atoms with Gasteiger partial charge in [0, 0.05) is 39.3 Å². The number of rotatable bonds is 6. The fourth-order valence-corrected chi connectivity index (χ4v) is 4.19. The van der Waals surface area contributed by atoms with Crippen LogP contribution in [-0.4, -0.2) is 88.8 Å². The summed E-state index contributed by atoms with van der Waals surface area (Å²) in [6.07, 6.45) is 4.20. The summed E-state index contributed by atoms with van der Waals surface area (Å²) in [6.45, 7) is 10.4. The number of ether oxygens (including phenoxy) is 1. The summed E-state index contributed by atoms with van der Waals surface area (Å²) in [5.74, 6) is 0.720. The first-order chi connectivity index (χ1) is 16.7. The molecule has 2 saturated heterocycles. The maximum Gasteiger partial charge on any atom is 0.410 e. The van der Waals surface area contributed by atoms with Crippen molar-refractivity contribution >= 4 is 29.4 Å². The normalized spacial score (nSPS) is 19.1. The maximum atomic E-state index is 14.4. The second-order valence-electron chi connectivity index (χ2n) is 10.1. The lowest BCUT2D eigenvalue weighted by molar-refractivity contribution is 0.0235. The second kappa shape index (κ2) is 10.6. The van der Waals surface area contributed by atoms with Crippen LogP contribution >= 0.6 is 0 Å². The van der Waals surface area contributed by atoms with E-state index in [1.165, 1.54) is 0 Å². The molecule has 0 bridgehead atoms. The molecule has 35 heavy (non-hydrogen) atoms. The van der Waals surface area contributed by atoms with Crippen LogP contribution in [0.4, 0.5) is 32.5 Å². The Balaban J connectivity index is 1.35. The highest BCUT2D eigenvalue weighted by atomic mass is 19.1. The van der Waals surface area contributed by atoms with Crippen molar-refractivity contribution in [3.8, 4) is 0 Å². The number of piperazine rings is 1. The van der Waals surface area contributed by atoms with E-state index in [4.69, 9.17) is 4.74 Å². The zero-order valence-corrected chi connectivity index (χ0v) is 20.9. The molecule has 0 saturated carbocycles. The third-order valence-electron chi connectivity index (χ3n) is 6.09. The van der Waals surface area contributed by atoms with E-state index in [2.05, 4.69) is 42.4 Å². The molecule has 2 aliphatic heterocycles. The first-order valence-corrected chi connectivity index (χ1v) is 12.1. The molecular weight excluding hydrogens is 451 g/mol. The van der Waals surface area contributed by atoms with E-state index >= 15 is 0 Å². The van der Waals surface area contributed by atoms with Gasteiger partial charge in [-0.25, -0.2) is 19.2 Å². The summed E-state index contributed by atoms with van der Waals surface area (Å²) >= 11 is 0. The predicted molar refractivity (Wildman–Crippen MR) is 134 cm³/mol. The molecule has 1 atom stereocenters. The molecule has 1 unspecified atom stereocenters. The van der Waals surface area contributed by atoms with Crippen molar-refractivity contribution < 1.29 is 13.9 Å². The number of carbonyl (C=O) groups is 1. The van der Waals surface area contributed by atoms with Gasteiger partial charge in [-0.05, 0) is 52.8 Å². The van der Waals surface area contributed by atoms with Gasteiger partial charge in [0.05, 0.1) is 24.1 Å². The Morgan fingerprint density at radius 2 is 1.91 bits per heavy atom. The second-order valence-corrected chi connectivity index (χ2v) is 10.1. The lowest BCUT2D eigenvalue weighted by atomic mass is 10.2. The Hall–Kier alpha value is -3.21. The van der Waals surface area contributed by atoms with Gasteiger partial charge in [0.2, 0.25) is 5.95 Å². The number of nitrogens with zero attached hydrogens (tertiary/aromatic N) is 6. The first kappa shape index (κ1) is 24.9. The number of pyridine rings is 1. The molecule has 0 radical (unpaired) electrons. The van der Waals surface area contributed by atoms with Crippen molar-refractivity contribution in [2.75, 3.05) is 61.8 Å². The number of halogens is 1. The highest BCUT2D eigenvalue weighted by Crippen LogP contribution is 2.23. The molecule has 10 nitrogen and oxygen atoms in total. The van der Waals surface area contributed by atoms with E-state index in [1.54, 1.807) is 11.1 Å². The molecule has 4 heterocycles. The van der Waals surface area contributed by atoms with Crippen molar-refractivity contribution in [2.45, 2.75) is 45.3 Å². The predicted octanol–water partition coefficient (Wildman–Crippen LogP) is 3.32. The molecule has 11 heteroatoms. The molecule has 4 rings (SSSR count). The molecule has 2 aromatic heterocycles. The maximum absolute atomic E-state index is 14.4. The number of anilines is 4. The minimum Gasteiger partial charge on any atom is -0.444 e. The third-order valence-corrected chi connectivity index (χ3v) is 6.09. The molecule has 0 aliphatic carbocycles. The number of carbonyl (C=O) groups excluding carboxylic acids is 1. The topological polar surface area (TPSA) is 98.8 Å². The summed E-state index contributed by atoms with van der Waals surface area (Å²) in [5.41, 5.74) is 0.154. The molecule has 190 valence electrons. The minimum atomic E-state index is -0.561. The molecule has 2 fully saturated rings. The number of nitrogens with one attached hydrogen (secondary N) is 2. The van der Waals surface area contributed by atoms with E-state index in [0.717, 1.165) is 51.0 Å². The van der Waals surface area contributed by atoms with Crippen LogP contribution in [0.3, 0.4) is 0 Å². The monoisotopic (exact) mass is 486 g/mol. The van der Waals surface area contributed by atoms with Crippen LogP contribution in [0, 0.1) is 5.82 Å². The van der Waals surface area contributed by atoms with Gasteiger partial charge in [-0.3, -0.25) is 0 Å². The average Bonchev–Trinajstić information content (AvgIpc) is 3.28. The van der Waals surface area contributed by atoms with E-state index in [-0.39, 0.29) is 23.9 Å². The summed E-state index contributed by atoms with van der Waals surface area (Å²) < 4.78 is 19.9. The van der Waals surface area contributed by atoms with Crippen LogP contribution in [-0.2, 0) is 4.74 Å². The van der Waals surface area contributed by atoms with E-state index in [0.29, 0.717) is 18.8 Å². The standard InChI is InChI=1S/C24H35FN8O2/c1-24(2,3)35-23(34)33-9-5-6-18(33)15-27-21-19(25)16-28-22(30-21)29-17-7-8-20(26-14-17)32-12-10-31(4)11-13-32/h7-8,14,16,18H,5-6,9-13,15H2,1-4H3,(H2,27,28,29,30). The number of likely N-dealkylation sites (N-methyl/N-ethyl adjacent to an activating group) is 1. The summed E-state index contributed by atoms with van der Waals surface area (Å²) in [5, 5.41) is 6.13. The number of aromatic nitrogens is 3. The van der Waals surface area contributed by atoms with Crippen LogP contribution in [0.15, 0.2) is 24.5 Å². The van der Waals surface area contributed by atoms with Gasteiger partial charge in [0.1, 0.15) is 11.4 Å². The minimum absolute atomic E-state index is 0.0838. The Kier molecular flexibility index (Phi) is 7.54. The average molecular weight is 487 g/mol. The summed E-state index contributed by atoms with van der Waals surface area (Å²) in [6, 6.07) is 3.78. The zero-order valence-electron chi connectivity index (χ0n) is 20.9. The number of hydrogen-bond donors (Lipinski definition) is 2. The van der Waals surface area contributed by atoms with Gasteiger partial charge in [0.25, 0.3) is 0 Å². The fourth-order valence-electron chi connectivity index (χ4n) is 4.19. The lowest BCUT2D eigenvalue weighted by Gasteiger charge is -2.33. The molecule has 1 amide bonds. The highest BCUT2D eigenvalue weighted by Gasteiger charge is 2.32. The lowest BCUT2D eigenvalue weighted by Crippen LogP contribution is -2.44. The summed E-state index contributed by atoms with van der Waals surface area (Å²) in [4.78, 5) is 31.6. The molecule has 0 aromatic carbocycles. The van der Waals surface area contributed by atoms with Crippen LogP contribution in [0.1, 0.15) is 33.6 Å². The van der Waals surface area contributed by atoms with Crippen molar-refractivity contribution in [3.63, 3.8) is 0 Å². The Labute approximate surface area is 205 Å². The highest BCUT2D eigenvalue weighted by molar-refractivity contribution is 5.69. The van der Waals surface area contributed by atoms with E-state index in [9.17, 15) is 9.18 Å². The fraction of sp³-hybridized carbons (Fsp3) is 0.583. The summed E-state index contributed by atoms with van der Waals surface area (Å²) in [7, 11) is 2.12. The molecule has 2 aliphatic rings. The molecule has 2 N–H and O–H groups in total. The molecule has 2 aromatic rings. The van der Waals surface area contributed by atoms with Gasteiger partial charge in [0.15, 0.2) is 11.6 Å². The molecule has 0 spiro atoms. The van der Waals surface area contributed by atoms with Gasteiger partial charge < -0.3 is 30.1 Å². The van der Waals surface area contributed by atoms with Crippen LogP contribution < -0.4 is 15.5 Å². The third kappa shape index (κ3) is 6.68. The first-order valence-electron chi connectivity index (χ1n) is 12.1. The van der Waals surface area contributed by atoms with Crippen molar-refractivity contribution in [1.82, 2.24) is 24.8 Å². The Bertz CT molecular complexity index is 1010.